The van der Waals surface area contributed by atoms with Gasteiger partial charge in [0.15, 0.2) is 17.5 Å². The van der Waals surface area contributed by atoms with Crippen molar-refractivity contribution in [3.8, 4) is 45.3 Å². The quantitative estimate of drug-likeness (QED) is 0.141. The topological polar surface area (TPSA) is 51.8 Å². The summed E-state index contributed by atoms with van der Waals surface area (Å²) in [5.74, 6) is 1.96. The van der Waals surface area contributed by atoms with Gasteiger partial charge in [0, 0.05) is 27.5 Å². The number of aromatic nitrogens is 3. The summed E-state index contributed by atoms with van der Waals surface area (Å²) in [6.45, 7) is 0. The zero-order valence-corrected chi connectivity index (χ0v) is 27.3. The standard InChI is InChI=1S/C47H27N3O/c1-3-11-28(12-4-1)45-48-46(29-13-5-2-6-14-29)50-47(49-45)38-24-23-33(34-15-7-8-16-35(34)38)31-22-21-30-26-39-36-17-9-19-41-43(36)44-37(18-10-20-42(44)51-41)40(39)27-32(30)25-31/h1-27H. The molecule has 0 saturated carbocycles. The molecule has 0 N–H and O–H groups in total. The lowest BCUT2D eigenvalue weighted by molar-refractivity contribution is 0.669. The molecule has 2 heterocycles. The summed E-state index contributed by atoms with van der Waals surface area (Å²) in [6, 6.07) is 57.5. The molecular weight excluding hydrogens is 623 g/mol. The summed E-state index contributed by atoms with van der Waals surface area (Å²) in [7, 11) is 0. The van der Waals surface area contributed by atoms with Crippen molar-refractivity contribution in [2.24, 2.45) is 0 Å². The minimum atomic E-state index is 0.651. The minimum Gasteiger partial charge on any atom is -0.456 e. The molecule has 0 radical (unpaired) electrons. The Morgan fingerprint density at radius 2 is 0.824 bits per heavy atom. The van der Waals surface area contributed by atoms with Gasteiger partial charge in [0.05, 0.1) is 0 Å². The molecule has 2 aromatic heterocycles. The van der Waals surface area contributed by atoms with E-state index in [9.17, 15) is 0 Å². The first kappa shape index (κ1) is 28.0. The maximum Gasteiger partial charge on any atom is 0.164 e. The highest BCUT2D eigenvalue weighted by Crippen LogP contribution is 2.44. The van der Waals surface area contributed by atoms with E-state index in [4.69, 9.17) is 19.4 Å². The number of hydrogen-bond acceptors (Lipinski definition) is 4. The molecule has 51 heavy (non-hydrogen) atoms. The molecule has 0 bridgehead atoms. The lowest BCUT2D eigenvalue weighted by Gasteiger charge is -2.14. The highest BCUT2D eigenvalue weighted by Gasteiger charge is 2.19. The van der Waals surface area contributed by atoms with E-state index >= 15 is 0 Å². The van der Waals surface area contributed by atoms with E-state index in [1.807, 2.05) is 60.7 Å². The Bertz CT molecular complexity index is 3070. The van der Waals surface area contributed by atoms with Gasteiger partial charge in [-0.1, -0.05) is 127 Å². The number of benzene rings is 9. The second kappa shape index (κ2) is 10.8. The van der Waals surface area contributed by atoms with Crippen LogP contribution in [0, 0.1) is 0 Å². The van der Waals surface area contributed by atoms with Gasteiger partial charge in [-0.2, -0.15) is 0 Å². The molecule has 0 unspecified atom stereocenters. The first-order valence-electron chi connectivity index (χ1n) is 17.2. The SMILES string of the molecule is c1ccc(-c2nc(-c3ccccc3)nc(-c3ccc(-c4ccc5cc6c(cc5c4)c4cccc5oc7cccc6c7c54)c4ccccc34)n2)cc1. The Labute approximate surface area is 292 Å². The van der Waals surface area contributed by atoms with E-state index in [1.165, 1.54) is 48.7 Å². The van der Waals surface area contributed by atoms with Crippen molar-refractivity contribution in [2.75, 3.05) is 0 Å². The molecule has 0 fully saturated rings. The van der Waals surface area contributed by atoms with E-state index in [2.05, 4.69) is 103 Å². The second-order valence-corrected chi connectivity index (χ2v) is 13.2. The van der Waals surface area contributed by atoms with Crippen LogP contribution < -0.4 is 0 Å². The molecule has 4 nitrogen and oxygen atoms in total. The van der Waals surface area contributed by atoms with Crippen molar-refractivity contribution >= 4 is 65.0 Å². The Hall–Kier alpha value is -6.91. The van der Waals surface area contributed by atoms with Gasteiger partial charge >= 0.3 is 0 Å². The highest BCUT2D eigenvalue weighted by molar-refractivity contribution is 6.34. The predicted molar refractivity (Wildman–Crippen MR) is 210 cm³/mol. The van der Waals surface area contributed by atoms with Gasteiger partial charge in [0.2, 0.25) is 0 Å². The van der Waals surface area contributed by atoms with Crippen LogP contribution in [0.25, 0.3) is 110 Å². The van der Waals surface area contributed by atoms with Gasteiger partial charge in [0.25, 0.3) is 0 Å². The van der Waals surface area contributed by atoms with Crippen molar-refractivity contribution < 1.29 is 4.42 Å². The van der Waals surface area contributed by atoms with Crippen LogP contribution in [-0.2, 0) is 0 Å². The van der Waals surface area contributed by atoms with Crippen molar-refractivity contribution in [2.45, 2.75) is 0 Å². The largest absolute Gasteiger partial charge is 0.456 e. The van der Waals surface area contributed by atoms with E-state index in [0.29, 0.717) is 17.5 Å². The fraction of sp³-hybridized carbons (Fsp3) is 0. The molecule has 4 heteroatoms. The Balaban J connectivity index is 1.10. The van der Waals surface area contributed by atoms with Crippen LogP contribution in [0.3, 0.4) is 0 Å². The first-order valence-corrected chi connectivity index (χ1v) is 17.2. The van der Waals surface area contributed by atoms with Crippen molar-refractivity contribution in [1.29, 1.82) is 0 Å². The molecule has 0 atom stereocenters. The number of fused-ring (bicyclic) bond motifs is 5. The van der Waals surface area contributed by atoms with E-state index < -0.39 is 0 Å². The Morgan fingerprint density at radius 1 is 0.314 bits per heavy atom. The second-order valence-electron chi connectivity index (χ2n) is 13.2. The van der Waals surface area contributed by atoms with Crippen molar-refractivity contribution in [3.05, 3.63) is 164 Å². The molecule has 0 saturated heterocycles. The zero-order chi connectivity index (χ0) is 33.5. The van der Waals surface area contributed by atoms with Gasteiger partial charge in [-0.05, 0) is 90.6 Å². The lowest BCUT2D eigenvalue weighted by Crippen LogP contribution is -2.00. The predicted octanol–water partition coefficient (Wildman–Crippen LogP) is 12.5. The first-order chi connectivity index (χ1) is 25.3. The normalized spacial score (nSPS) is 11.9. The van der Waals surface area contributed by atoms with E-state index in [1.54, 1.807) is 0 Å². The summed E-state index contributed by atoms with van der Waals surface area (Å²) < 4.78 is 6.29. The fourth-order valence-electron chi connectivity index (χ4n) is 7.90. The number of hydrogen-bond donors (Lipinski definition) is 0. The minimum absolute atomic E-state index is 0.651. The van der Waals surface area contributed by atoms with Crippen LogP contribution in [-0.4, -0.2) is 15.0 Å². The van der Waals surface area contributed by atoms with Crippen molar-refractivity contribution in [3.63, 3.8) is 0 Å². The van der Waals surface area contributed by atoms with E-state index in [-0.39, 0.29) is 0 Å². The monoisotopic (exact) mass is 649 g/mol. The molecule has 0 amide bonds. The smallest absolute Gasteiger partial charge is 0.164 e. The fourth-order valence-corrected chi connectivity index (χ4v) is 7.90. The zero-order valence-electron chi connectivity index (χ0n) is 27.3. The average Bonchev–Trinajstić information content (AvgIpc) is 3.59. The molecule has 0 spiro atoms. The van der Waals surface area contributed by atoms with Crippen LogP contribution >= 0.6 is 0 Å². The lowest BCUT2D eigenvalue weighted by atomic mass is 9.90. The maximum atomic E-state index is 6.29. The summed E-state index contributed by atoms with van der Waals surface area (Å²) in [4.78, 5) is 15.0. The average molecular weight is 650 g/mol. The van der Waals surface area contributed by atoms with Crippen LogP contribution in [0.15, 0.2) is 168 Å². The van der Waals surface area contributed by atoms with Crippen LogP contribution in [0.2, 0.25) is 0 Å². The Morgan fingerprint density at radius 3 is 1.45 bits per heavy atom. The molecule has 11 rings (SSSR count). The van der Waals surface area contributed by atoms with Gasteiger partial charge < -0.3 is 4.42 Å². The third-order valence-electron chi connectivity index (χ3n) is 10.3. The maximum absolute atomic E-state index is 6.29. The van der Waals surface area contributed by atoms with Gasteiger partial charge in [0.1, 0.15) is 11.2 Å². The molecule has 9 aromatic carbocycles. The van der Waals surface area contributed by atoms with Gasteiger partial charge in [-0.3, -0.25) is 0 Å². The number of rotatable bonds is 4. The van der Waals surface area contributed by atoms with Crippen LogP contribution in [0.4, 0.5) is 0 Å². The summed E-state index contributed by atoms with van der Waals surface area (Å²) in [6.07, 6.45) is 0. The Kier molecular flexibility index (Phi) is 5.92. The number of furan rings is 1. The van der Waals surface area contributed by atoms with Gasteiger partial charge in [-0.15, -0.1) is 0 Å². The van der Waals surface area contributed by atoms with Gasteiger partial charge in [-0.25, -0.2) is 15.0 Å². The van der Waals surface area contributed by atoms with Crippen LogP contribution in [0.1, 0.15) is 0 Å². The highest BCUT2D eigenvalue weighted by atomic mass is 16.3. The summed E-state index contributed by atoms with van der Waals surface area (Å²) in [5.41, 5.74) is 7.08. The third kappa shape index (κ3) is 4.30. The summed E-state index contributed by atoms with van der Waals surface area (Å²) in [5, 5.41) is 12.0. The molecule has 0 aliphatic rings. The van der Waals surface area contributed by atoms with Crippen LogP contribution in [0.5, 0.6) is 0 Å². The van der Waals surface area contributed by atoms with Crippen molar-refractivity contribution in [1.82, 2.24) is 15.0 Å². The number of nitrogens with zero attached hydrogens (tertiary/aromatic N) is 3. The summed E-state index contributed by atoms with van der Waals surface area (Å²) >= 11 is 0. The molecule has 11 aromatic rings. The van der Waals surface area contributed by atoms with E-state index in [0.717, 1.165) is 44.2 Å². The molecule has 0 aliphatic heterocycles. The molecular formula is C47H27N3O. The molecule has 0 aliphatic carbocycles. The third-order valence-corrected chi connectivity index (χ3v) is 10.3. The molecule has 236 valence electrons.